The fourth-order valence-electron chi connectivity index (χ4n) is 5.27. The van der Waals surface area contributed by atoms with Gasteiger partial charge in [-0.05, 0) is 67.4 Å². The van der Waals surface area contributed by atoms with Gasteiger partial charge in [-0.2, -0.15) is 0 Å². The summed E-state index contributed by atoms with van der Waals surface area (Å²) in [6, 6.07) is 13.9. The molecule has 4 heteroatoms. The Bertz CT molecular complexity index is 774. The third-order valence-electron chi connectivity index (χ3n) is 6.96. The third-order valence-corrected chi connectivity index (χ3v) is 6.96. The van der Waals surface area contributed by atoms with Crippen LogP contribution in [0.2, 0.25) is 0 Å². The lowest BCUT2D eigenvalue weighted by Crippen LogP contribution is -2.67. The summed E-state index contributed by atoms with van der Waals surface area (Å²) in [6.45, 7) is 5.08. The first kappa shape index (κ1) is 18.3. The van der Waals surface area contributed by atoms with E-state index in [0.29, 0.717) is 12.0 Å². The zero-order valence-corrected chi connectivity index (χ0v) is 16.6. The van der Waals surface area contributed by atoms with Crippen molar-refractivity contribution in [3.8, 4) is 11.1 Å². The lowest BCUT2D eigenvalue weighted by atomic mass is 9.74. The maximum Gasteiger partial charge on any atom is 0.0593 e. The highest BCUT2D eigenvalue weighted by atomic mass is 16.3. The quantitative estimate of drug-likeness (QED) is 0.867. The Morgan fingerprint density at radius 1 is 1.00 bits per heavy atom. The van der Waals surface area contributed by atoms with Crippen molar-refractivity contribution in [3.05, 3.63) is 54.4 Å². The Balaban J connectivity index is 1.36. The number of aliphatic hydroxyl groups excluding tert-OH is 1. The molecule has 1 aliphatic carbocycles. The zero-order chi connectivity index (χ0) is 18.9. The number of pyridine rings is 1. The molecule has 3 aliphatic rings. The van der Waals surface area contributed by atoms with Crippen LogP contribution in [-0.2, 0) is 0 Å². The number of aromatic nitrogens is 1. The van der Waals surface area contributed by atoms with E-state index in [1.807, 2.05) is 18.5 Å². The molecule has 4 nitrogen and oxygen atoms in total. The maximum absolute atomic E-state index is 10.1. The standard InChI is InChI=1S/C24H31N3O/c28-17-23-24(20-9-7-19(8-10-20)21-4-3-11-25-14-21)22-16-26(15-18-5-6-18)12-1-2-13-27(22)23/h3-4,7-11,14,18,22-24,28H,1-2,5-6,12-13,15-17H2/t22-,23-,24-/m1/s1. The molecule has 1 aromatic carbocycles. The molecule has 0 unspecified atom stereocenters. The van der Waals surface area contributed by atoms with Crippen molar-refractivity contribution >= 4 is 0 Å². The highest BCUT2D eigenvalue weighted by molar-refractivity contribution is 5.62. The lowest BCUT2D eigenvalue weighted by molar-refractivity contribution is -0.0649. The van der Waals surface area contributed by atoms with E-state index in [9.17, 15) is 5.11 Å². The summed E-state index contributed by atoms with van der Waals surface area (Å²) in [6.07, 6.45) is 9.11. The van der Waals surface area contributed by atoms with Crippen molar-refractivity contribution in [3.63, 3.8) is 0 Å². The van der Waals surface area contributed by atoms with Crippen LogP contribution in [0.5, 0.6) is 0 Å². The number of hydrogen-bond acceptors (Lipinski definition) is 4. The summed E-state index contributed by atoms with van der Waals surface area (Å²) in [7, 11) is 0. The molecular formula is C24H31N3O. The van der Waals surface area contributed by atoms with Crippen molar-refractivity contribution in [1.29, 1.82) is 0 Å². The minimum Gasteiger partial charge on any atom is -0.395 e. The summed E-state index contributed by atoms with van der Waals surface area (Å²) < 4.78 is 0. The first-order valence-corrected chi connectivity index (χ1v) is 10.9. The van der Waals surface area contributed by atoms with Gasteiger partial charge in [0.1, 0.15) is 0 Å². The summed E-state index contributed by atoms with van der Waals surface area (Å²) in [5.41, 5.74) is 3.74. The number of benzene rings is 1. The third kappa shape index (κ3) is 3.61. The molecule has 3 heterocycles. The molecule has 2 saturated heterocycles. The highest BCUT2D eigenvalue weighted by Crippen LogP contribution is 2.42. The molecule has 1 aromatic heterocycles. The molecule has 0 radical (unpaired) electrons. The van der Waals surface area contributed by atoms with E-state index in [4.69, 9.17) is 0 Å². The van der Waals surface area contributed by atoms with Crippen LogP contribution in [0.1, 0.15) is 37.2 Å². The van der Waals surface area contributed by atoms with Crippen molar-refractivity contribution in [2.24, 2.45) is 5.92 Å². The van der Waals surface area contributed by atoms with Crippen LogP contribution in [0.4, 0.5) is 0 Å². The van der Waals surface area contributed by atoms with Crippen LogP contribution < -0.4 is 0 Å². The van der Waals surface area contributed by atoms with Crippen LogP contribution in [0.25, 0.3) is 11.1 Å². The first-order chi connectivity index (χ1) is 13.8. The van der Waals surface area contributed by atoms with Crippen LogP contribution in [0, 0.1) is 5.92 Å². The van der Waals surface area contributed by atoms with Gasteiger partial charge in [0.2, 0.25) is 0 Å². The van der Waals surface area contributed by atoms with Gasteiger partial charge in [-0.15, -0.1) is 0 Å². The summed E-state index contributed by atoms with van der Waals surface area (Å²) in [5.74, 6) is 1.38. The number of hydrogen-bond donors (Lipinski definition) is 1. The Labute approximate surface area is 168 Å². The van der Waals surface area contributed by atoms with E-state index >= 15 is 0 Å². The summed E-state index contributed by atoms with van der Waals surface area (Å²) in [5, 5.41) is 10.1. The summed E-state index contributed by atoms with van der Waals surface area (Å²) in [4.78, 5) is 9.53. The van der Waals surface area contributed by atoms with Gasteiger partial charge in [0.25, 0.3) is 0 Å². The van der Waals surface area contributed by atoms with Gasteiger partial charge < -0.3 is 10.0 Å². The largest absolute Gasteiger partial charge is 0.395 e. The van der Waals surface area contributed by atoms with Crippen molar-refractivity contribution in [2.45, 2.75) is 43.7 Å². The molecule has 2 aromatic rings. The maximum atomic E-state index is 10.1. The Morgan fingerprint density at radius 2 is 1.82 bits per heavy atom. The molecule has 0 amide bonds. The van der Waals surface area contributed by atoms with Gasteiger partial charge in [-0.25, -0.2) is 0 Å². The fourth-order valence-corrected chi connectivity index (χ4v) is 5.27. The molecule has 3 fully saturated rings. The monoisotopic (exact) mass is 377 g/mol. The van der Waals surface area contributed by atoms with Crippen LogP contribution in [-0.4, -0.2) is 64.8 Å². The minimum absolute atomic E-state index is 0.258. The topological polar surface area (TPSA) is 39.6 Å². The van der Waals surface area contributed by atoms with E-state index in [1.54, 1.807) is 0 Å². The molecule has 0 bridgehead atoms. The van der Waals surface area contributed by atoms with E-state index in [-0.39, 0.29) is 12.6 Å². The molecule has 0 spiro atoms. The van der Waals surface area contributed by atoms with Gasteiger partial charge in [-0.3, -0.25) is 9.88 Å². The van der Waals surface area contributed by atoms with Crippen molar-refractivity contribution in [2.75, 3.05) is 32.8 Å². The molecule has 28 heavy (non-hydrogen) atoms. The van der Waals surface area contributed by atoms with E-state index in [2.05, 4.69) is 45.1 Å². The Morgan fingerprint density at radius 3 is 2.54 bits per heavy atom. The predicted molar refractivity (Wildman–Crippen MR) is 112 cm³/mol. The van der Waals surface area contributed by atoms with E-state index < -0.39 is 0 Å². The van der Waals surface area contributed by atoms with Gasteiger partial charge in [-0.1, -0.05) is 30.3 Å². The second-order valence-corrected chi connectivity index (χ2v) is 8.85. The average molecular weight is 378 g/mol. The van der Waals surface area contributed by atoms with Crippen LogP contribution >= 0.6 is 0 Å². The lowest BCUT2D eigenvalue weighted by Gasteiger charge is -2.57. The first-order valence-electron chi connectivity index (χ1n) is 10.9. The van der Waals surface area contributed by atoms with Gasteiger partial charge >= 0.3 is 0 Å². The second-order valence-electron chi connectivity index (χ2n) is 8.85. The Kier molecular flexibility index (Phi) is 5.19. The molecule has 1 N–H and O–H groups in total. The van der Waals surface area contributed by atoms with Crippen molar-refractivity contribution in [1.82, 2.24) is 14.8 Å². The van der Waals surface area contributed by atoms with Crippen LogP contribution in [0.3, 0.4) is 0 Å². The number of nitrogens with zero attached hydrogens (tertiary/aromatic N) is 3. The zero-order valence-electron chi connectivity index (χ0n) is 16.6. The van der Waals surface area contributed by atoms with Gasteiger partial charge in [0.05, 0.1) is 6.61 Å². The van der Waals surface area contributed by atoms with E-state index in [1.165, 1.54) is 49.9 Å². The van der Waals surface area contributed by atoms with Gasteiger partial charge in [0.15, 0.2) is 0 Å². The van der Waals surface area contributed by atoms with E-state index in [0.717, 1.165) is 24.6 Å². The SMILES string of the molecule is OC[C@@H]1[C@H](c2ccc(-c3cccnc3)cc2)[C@H]2CN(CC3CC3)CCCCN12. The second kappa shape index (κ2) is 7.94. The minimum atomic E-state index is 0.258. The molecule has 2 aliphatic heterocycles. The predicted octanol–water partition coefficient (Wildman–Crippen LogP) is 3.38. The molecule has 5 rings (SSSR count). The summed E-state index contributed by atoms with van der Waals surface area (Å²) >= 11 is 0. The van der Waals surface area contributed by atoms with Crippen molar-refractivity contribution < 1.29 is 5.11 Å². The molecule has 148 valence electrons. The number of fused-ring (bicyclic) bond motifs is 1. The normalized spacial score (nSPS) is 28.8. The molecule has 3 atom stereocenters. The fraction of sp³-hybridized carbons (Fsp3) is 0.542. The van der Waals surface area contributed by atoms with Gasteiger partial charge in [0, 0.05) is 43.5 Å². The smallest absolute Gasteiger partial charge is 0.0593 e. The molecular weight excluding hydrogens is 346 g/mol. The number of aliphatic hydroxyl groups is 1. The highest BCUT2D eigenvalue weighted by Gasteiger charge is 2.49. The number of rotatable bonds is 5. The van der Waals surface area contributed by atoms with Crippen LogP contribution in [0.15, 0.2) is 48.8 Å². The average Bonchev–Trinajstić information content (AvgIpc) is 3.54. The molecule has 1 saturated carbocycles. The Hall–Kier alpha value is -1.75.